The van der Waals surface area contributed by atoms with Gasteiger partial charge in [-0.1, -0.05) is 12.1 Å². The minimum Gasteiger partial charge on any atom is -1.00 e. The average Bonchev–Trinajstić information content (AvgIpc) is 2.77. The molecule has 3 nitrogen and oxygen atoms in total. The Balaban J connectivity index is 0.00000133. The van der Waals surface area contributed by atoms with Gasteiger partial charge in [0.15, 0.2) is 11.0 Å². The lowest BCUT2D eigenvalue weighted by atomic mass is 10.2. The Morgan fingerprint density at radius 1 is 1.05 bits per heavy atom. The average molecular weight is 361 g/mol. The van der Waals surface area contributed by atoms with Gasteiger partial charge in [-0.2, -0.15) is 9.83 Å². The summed E-state index contributed by atoms with van der Waals surface area (Å²) in [6.45, 7) is 0. The van der Waals surface area contributed by atoms with E-state index in [2.05, 4.69) is 27.3 Å². The van der Waals surface area contributed by atoms with Crippen LogP contribution in [0.25, 0.3) is 16.7 Å². The predicted molar refractivity (Wildman–Crippen MR) is 69.2 cm³/mol. The third kappa shape index (κ3) is 2.34. The molecule has 1 aromatic heterocycles. The molecule has 3 rings (SSSR count). The Morgan fingerprint density at radius 3 is 2.42 bits per heavy atom. The second kappa shape index (κ2) is 5.41. The van der Waals surface area contributed by atoms with Crippen molar-refractivity contribution in [1.29, 1.82) is 5.26 Å². The van der Waals surface area contributed by atoms with E-state index < -0.39 is 0 Å². The molecule has 0 aliphatic carbocycles. The largest absolute Gasteiger partial charge is 1.00 e. The van der Waals surface area contributed by atoms with Crippen LogP contribution in [0.2, 0.25) is 0 Å². The monoisotopic (exact) mass is 361 g/mol. The van der Waals surface area contributed by atoms with Gasteiger partial charge in [0.2, 0.25) is 6.33 Å². The SMILES string of the molecule is C[n+]1cn(-c2ccc(C#N)cc2)c2ccccc21.[I-]. The first-order chi connectivity index (χ1) is 8.79. The van der Waals surface area contributed by atoms with E-state index in [4.69, 9.17) is 5.26 Å². The topological polar surface area (TPSA) is 32.6 Å². The summed E-state index contributed by atoms with van der Waals surface area (Å²) in [4.78, 5) is 0. The highest BCUT2D eigenvalue weighted by Crippen LogP contribution is 2.16. The predicted octanol–water partition coefficient (Wildman–Crippen LogP) is -0.669. The molecule has 0 unspecified atom stereocenters. The van der Waals surface area contributed by atoms with Crippen LogP contribution in [0.3, 0.4) is 0 Å². The van der Waals surface area contributed by atoms with Crippen molar-refractivity contribution in [2.24, 2.45) is 7.05 Å². The molecule has 94 valence electrons. The Kier molecular flexibility index (Phi) is 3.86. The summed E-state index contributed by atoms with van der Waals surface area (Å²) in [6.07, 6.45) is 2.05. The molecule has 0 atom stereocenters. The zero-order valence-corrected chi connectivity index (χ0v) is 12.6. The summed E-state index contributed by atoms with van der Waals surface area (Å²) < 4.78 is 4.21. The lowest BCUT2D eigenvalue weighted by molar-refractivity contribution is -0.645. The normalized spacial score (nSPS) is 9.89. The van der Waals surface area contributed by atoms with Crippen LogP contribution in [0.15, 0.2) is 54.9 Å². The van der Waals surface area contributed by atoms with Gasteiger partial charge in [-0.15, -0.1) is 0 Å². The van der Waals surface area contributed by atoms with Crippen molar-refractivity contribution in [3.63, 3.8) is 0 Å². The van der Waals surface area contributed by atoms with E-state index in [-0.39, 0.29) is 24.0 Å². The Labute approximate surface area is 128 Å². The van der Waals surface area contributed by atoms with Crippen molar-refractivity contribution in [2.75, 3.05) is 0 Å². The minimum atomic E-state index is 0. The number of nitrogens with zero attached hydrogens (tertiary/aromatic N) is 3. The van der Waals surface area contributed by atoms with Crippen molar-refractivity contribution >= 4 is 11.0 Å². The molecule has 0 spiro atoms. The second-order valence-corrected chi connectivity index (χ2v) is 4.24. The highest BCUT2D eigenvalue weighted by Gasteiger charge is 2.13. The van der Waals surface area contributed by atoms with E-state index in [0.717, 1.165) is 11.2 Å². The first-order valence-corrected chi connectivity index (χ1v) is 5.76. The fraction of sp³-hybridized carbons (Fsp3) is 0.0667. The van der Waals surface area contributed by atoms with Crippen LogP contribution in [0.1, 0.15) is 5.56 Å². The summed E-state index contributed by atoms with van der Waals surface area (Å²) >= 11 is 0. The summed E-state index contributed by atoms with van der Waals surface area (Å²) in [5.74, 6) is 0. The molecule has 0 aliphatic rings. The fourth-order valence-electron chi connectivity index (χ4n) is 2.17. The van der Waals surface area contributed by atoms with Crippen LogP contribution < -0.4 is 28.5 Å². The van der Waals surface area contributed by atoms with Gasteiger partial charge in [0.25, 0.3) is 0 Å². The van der Waals surface area contributed by atoms with E-state index in [1.54, 1.807) is 0 Å². The number of rotatable bonds is 1. The third-order valence-corrected chi connectivity index (χ3v) is 3.08. The second-order valence-electron chi connectivity index (χ2n) is 4.24. The van der Waals surface area contributed by atoms with E-state index >= 15 is 0 Å². The standard InChI is InChI=1S/C15H12N3.HI/c1-17-11-18(15-5-3-2-4-14(15)17)13-8-6-12(10-16)7-9-13;/h2-9,11H,1H3;1H/q+1;/p-1. The lowest BCUT2D eigenvalue weighted by Gasteiger charge is -1.96. The van der Waals surface area contributed by atoms with E-state index in [9.17, 15) is 0 Å². The number of aromatic nitrogens is 2. The number of para-hydroxylation sites is 2. The number of aryl methyl sites for hydroxylation is 1. The third-order valence-electron chi connectivity index (χ3n) is 3.08. The summed E-state index contributed by atoms with van der Waals surface area (Å²) in [6, 6.07) is 18.0. The number of hydrogen-bond acceptors (Lipinski definition) is 1. The molecule has 19 heavy (non-hydrogen) atoms. The van der Waals surface area contributed by atoms with Gasteiger partial charge in [0, 0.05) is 0 Å². The first kappa shape index (κ1) is 13.6. The molecule has 3 aromatic rings. The maximum absolute atomic E-state index is 8.81. The number of halogens is 1. The number of imidazole rings is 1. The maximum Gasteiger partial charge on any atom is 0.249 e. The molecular weight excluding hydrogens is 349 g/mol. The van der Waals surface area contributed by atoms with Crippen LogP contribution in [0, 0.1) is 11.3 Å². The molecule has 2 aromatic carbocycles. The molecule has 0 bridgehead atoms. The van der Waals surface area contributed by atoms with Gasteiger partial charge in [-0.25, -0.2) is 4.57 Å². The van der Waals surface area contributed by atoms with Crippen molar-refractivity contribution in [3.05, 3.63) is 60.4 Å². The quantitative estimate of drug-likeness (QED) is 0.418. The van der Waals surface area contributed by atoms with E-state index in [1.807, 2.05) is 49.8 Å². The van der Waals surface area contributed by atoms with Crippen LogP contribution in [-0.2, 0) is 7.05 Å². The fourth-order valence-corrected chi connectivity index (χ4v) is 2.17. The van der Waals surface area contributed by atoms with Gasteiger partial charge in [0.05, 0.1) is 18.7 Å². The number of benzene rings is 2. The molecule has 1 heterocycles. The highest BCUT2D eigenvalue weighted by molar-refractivity contribution is 5.73. The molecule has 0 radical (unpaired) electrons. The van der Waals surface area contributed by atoms with Gasteiger partial charge >= 0.3 is 0 Å². The smallest absolute Gasteiger partial charge is 0.249 e. The maximum atomic E-state index is 8.81. The molecule has 0 amide bonds. The van der Waals surface area contributed by atoms with Crippen LogP contribution in [-0.4, -0.2) is 4.57 Å². The van der Waals surface area contributed by atoms with Gasteiger partial charge in [0.1, 0.15) is 5.69 Å². The van der Waals surface area contributed by atoms with Crippen LogP contribution in [0.5, 0.6) is 0 Å². The molecule has 4 heteroatoms. The van der Waals surface area contributed by atoms with Crippen molar-refractivity contribution in [1.82, 2.24) is 4.57 Å². The molecule has 0 fully saturated rings. The first-order valence-electron chi connectivity index (χ1n) is 5.76. The Morgan fingerprint density at radius 2 is 1.74 bits per heavy atom. The Bertz CT molecular complexity index is 751. The minimum absolute atomic E-state index is 0. The van der Waals surface area contributed by atoms with Crippen LogP contribution >= 0.6 is 0 Å². The zero-order valence-electron chi connectivity index (χ0n) is 10.4. The van der Waals surface area contributed by atoms with Crippen molar-refractivity contribution in [2.45, 2.75) is 0 Å². The summed E-state index contributed by atoms with van der Waals surface area (Å²) in [7, 11) is 2.03. The number of hydrogen-bond donors (Lipinski definition) is 0. The summed E-state index contributed by atoms with van der Waals surface area (Å²) in [5, 5.41) is 8.81. The van der Waals surface area contributed by atoms with Crippen molar-refractivity contribution < 1.29 is 28.5 Å². The van der Waals surface area contributed by atoms with Gasteiger partial charge in [-0.05, 0) is 36.4 Å². The van der Waals surface area contributed by atoms with Gasteiger partial charge < -0.3 is 24.0 Å². The zero-order chi connectivity index (χ0) is 12.5. The highest BCUT2D eigenvalue weighted by atomic mass is 127. The van der Waals surface area contributed by atoms with E-state index in [0.29, 0.717) is 5.56 Å². The molecule has 0 saturated heterocycles. The van der Waals surface area contributed by atoms with E-state index in [1.165, 1.54) is 5.52 Å². The molecule has 0 N–H and O–H groups in total. The Hall–Kier alpha value is -1.87. The number of nitriles is 1. The van der Waals surface area contributed by atoms with Gasteiger partial charge in [-0.3, -0.25) is 0 Å². The molecule has 0 aliphatic heterocycles. The summed E-state index contributed by atoms with van der Waals surface area (Å²) in [5.41, 5.74) is 4.08. The van der Waals surface area contributed by atoms with Crippen molar-refractivity contribution in [3.8, 4) is 11.8 Å². The van der Waals surface area contributed by atoms with Crippen LogP contribution in [0.4, 0.5) is 0 Å². The lowest BCUT2D eigenvalue weighted by Crippen LogP contribution is -3.00. The number of fused-ring (bicyclic) bond motifs is 1. The molecular formula is C15H12IN3. The molecule has 0 saturated carbocycles.